The Morgan fingerprint density at radius 3 is 2.82 bits per heavy atom. The van der Waals surface area contributed by atoms with Crippen molar-refractivity contribution in [2.75, 3.05) is 12.3 Å². The van der Waals surface area contributed by atoms with Gasteiger partial charge < -0.3 is 9.88 Å². The number of benzene rings is 2. The first-order chi connectivity index (χ1) is 13.7. The molecular weight excluding hydrogens is 364 g/mol. The van der Waals surface area contributed by atoms with Crippen molar-refractivity contribution >= 4 is 11.8 Å². The first-order valence-corrected chi connectivity index (χ1v) is 11.1. The number of aryl methyl sites for hydroxylation is 2. The molecule has 0 aliphatic heterocycles. The molecule has 0 saturated heterocycles. The maximum atomic E-state index is 4.37. The van der Waals surface area contributed by atoms with Crippen LogP contribution in [0.25, 0.3) is 11.4 Å². The molecule has 1 unspecified atom stereocenters. The van der Waals surface area contributed by atoms with E-state index in [2.05, 4.69) is 57.3 Å². The standard InChI is InChI=1S/C23H28N4S/c1-17-9-10-20-16-21(12-11-19(20)15-17)24-13-6-14-28-23-26-25-22(27(23)2)18-7-4-3-5-8-18/h3-5,7-10,15,21,24H,6,11-14,16H2,1-2H3. The van der Waals surface area contributed by atoms with Gasteiger partial charge in [-0.05, 0) is 50.3 Å². The van der Waals surface area contributed by atoms with Gasteiger partial charge in [0.1, 0.15) is 0 Å². The molecule has 1 atom stereocenters. The van der Waals surface area contributed by atoms with Crippen LogP contribution in [0.1, 0.15) is 29.5 Å². The Bertz CT molecular complexity index is 920. The Morgan fingerprint density at radius 1 is 1.11 bits per heavy atom. The van der Waals surface area contributed by atoms with Gasteiger partial charge in [0.15, 0.2) is 11.0 Å². The minimum absolute atomic E-state index is 0.611. The van der Waals surface area contributed by atoms with E-state index in [1.165, 1.54) is 24.0 Å². The monoisotopic (exact) mass is 392 g/mol. The van der Waals surface area contributed by atoms with E-state index in [9.17, 15) is 0 Å². The van der Waals surface area contributed by atoms with Crippen molar-refractivity contribution in [3.05, 3.63) is 65.2 Å². The number of aromatic nitrogens is 3. The molecule has 146 valence electrons. The van der Waals surface area contributed by atoms with Crippen LogP contribution in [-0.2, 0) is 19.9 Å². The van der Waals surface area contributed by atoms with E-state index < -0.39 is 0 Å². The molecule has 0 radical (unpaired) electrons. The number of nitrogens with one attached hydrogen (secondary N) is 1. The maximum Gasteiger partial charge on any atom is 0.191 e. The van der Waals surface area contributed by atoms with Gasteiger partial charge in [0.05, 0.1) is 0 Å². The van der Waals surface area contributed by atoms with E-state index in [1.54, 1.807) is 17.3 Å². The summed E-state index contributed by atoms with van der Waals surface area (Å²) in [4.78, 5) is 0. The largest absolute Gasteiger partial charge is 0.314 e. The molecule has 1 aliphatic rings. The van der Waals surface area contributed by atoms with Gasteiger partial charge in [-0.25, -0.2) is 0 Å². The zero-order valence-corrected chi connectivity index (χ0v) is 17.5. The molecule has 0 bridgehead atoms. The summed E-state index contributed by atoms with van der Waals surface area (Å²) in [6.45, 7) is 3.24. The fourth-order valence-corrected chi connectivity index (χ4v) is 4.73. The van der Waals surface area contributed by atoms with E-state index >= 15 is 0 Å². The van der Waals surface area contributed by atoms with Gasteiger partial charge in [0.2, 0.25) is 0 Å². The third-order valence-electron chi connectivity index (χ3n) is 5.44. The Labute approximate surface area is 171 Å². The van der Waals surface area contributed by atoms with Crippen LogP contribution in [0.15, 0.2) is 53.7 Å². The maximum absolute atomic E-state index is 4.37. The molecule has 4 nitrogen and oxygen atoms in total. The Morgan fingerprint density at radius 2 is 1.96 bits per heavy atom. The van der Waals surface area contributed by atoms with Crippen LogP contribution in [0.3, 0.4) is 0 Å². The lowest BCUT2D eigenvalue weighted by Gasteiger charge is -2.26. The lowest BCUT2D eigenvalue weighted by atomic mass is 9.87. The molecular formula is C23H28N4S. The Balaban J connectivity index is 1.22. The van der Waals surface area contributed by atoms with E-state index in [1.807, 2.05) is 25.2 Å². The summed E-state index contributed by atoms with van der Waals surface area (Å²) < 4.78 is 2.09. The number of thioether (sulfide) groups is 1. The molecule has 3 aromatic rings. The lowest BCUT2D eigenvalue weighted by molar-refractivity contribution is 0.459. The zero-order chi connectivity index (χ0) is 19.3. The summed E-state index contributed by atoms with van der Waals surface area (Å²) in [5, 5.41) is 13.5. The predicted molar refractivity (Wildman–Crippen MR) is 117 cm³/mol. The Hall–Kier alpha value is -2.11. The summed E-state index contributed by atoms with van der Waals surface area (Å²) in [6, 6.07) is 17.8. The average Bonchev–Trinajstić information content (AvgIpc) is 3.09. The number of hydrogen-bond donors (Lipinski definition) is 1. The van der Waals surface area contributed by atoms with Crippen LogP contribution in [0, 0.1) is 6.92 Å². The number of fused-ring (bicyclic) bond motifs is 1. The predicted octanol–water partition coefficient (Wildman–Crippen LogP) is 4.42. The SMILES string of the molecule is Cc1ccc2c(c1)CCC(NCCCSc1nnc(-c3ccccc3)n1C)C2. The summed E-state index contributed by atoms with van der Waals surface area (Å²) in [5.41, 5.74) is 5.56. The first-order valence-electron chi connectivity index (χ1n) is 10.1. The van der Waals surface area contributed by atoms with Gasteiger partial charge in [0, 0.05) is 24.4 Å². The van der Waals surface area contributed by atoms with Gasteiger partial charge in [-0.1, -0.05) is 65.9 Å². The zero-order valence-electron chi connectivity index (χ0n) is 16.7. The molecule has 1 N–H and O–H groups in total. The Kier molecular flexibility index (Phi) is 6.13. The van der Waals surface area contributed by atoms with Crippen molar-refractivity contribution in [1.82, 2.24) is 20.1 Å². The molecule has 1 heterocycles. The van der Waals surface area contributed by atoms with E-state index in [-0.39, 0.29) is 0 Å². The first kappa shape index (κ1) is 19.2. The molecule has 0 amide bonds. The minimum atomic E-state index is 0.611. The van der Waals surface area contributed by atoms with Crippen LogP contribution in [-0.4, -0.2) is 33.1 Å². The second-order valence-electron chi connectivity index (χ2n) is 7.60. The summed E-state index contributed by atoms with van der Waals surface area (Å²) >= 11 is 1.79. The lowest BCUT2D eigenvalue weighted by Crippen LogP contribution is -2.35. The molecule has 1 aliphatic carbocycles. The van der Waals surface area contributed by atoms with E-state index in [0.29, 0.717) is 6.04 Å². The van der Waals surface area contributed by atoms with Crippen molar-refractivity contribution in [3.63, 3.8) is 0 Å². The molecule has 5 heteroatoms. The van der Waals surface area contributed by atoms with Gasteiger partial charge in [-0.2, -0.15) is 0 Å². The van der Waals surface area contributed by atoms with Gasteiger partial charge in [0.25, 0.3) is 0 Å². The van der Waals surface area contributed by atoms with Gasteiger partial charge >= 0.3 is 0 Å². The number of rotatable bonds is 7. The van der Waals surface area contributed by atoms with Crippen molar-refractivity contribution in [2.24, 2.45) is 7.05 Å². The third-order valence-corrected chi connectivity index (χ3v) is 6.55. The van der Waals surface area contributed by atoms with Crippen LogP contribution in [0.2, 0.25) is 0 Å². The normalized spacial score (nSPS) is 16.1. The summed E-state index contributed by atoms with van der Waals surface area (Å²) in [6.07, 6.45) is 4.74. The smallest absolute Gasteiger partial charge is 0.191 e. The van der Waals surface area contributed by atoms with Crippen molar-refractivity contribution in [2.45, 2.75) is 43.8 Å². The second kappa shape index (κ2) is 8.93. The van der Waals surface area contributed by atoms with Crippen molar-refractivity contribution < 1.29 is 0 Å². The molecule has 0 fully saturated rings. The van der Waals surface area contributed by atoms with Crippen LogP contribution in [0.5, 0.6) is 0 Å². The summed E-state index contributed by atoms with van der Waals surface area (Å²) in [5.74, 6) is 1.98. The van der Waals surface area contributed by atoms with Gasteiger partial charge in [-0.15, -0.1) is 10.2 Å². The topological polar surface area (TPSA) is 42.7 Å². The fraction of sp³-hybridized carbons (Fsp3) is 0.391. The highest BCUT2D eigenvalue weighted by molar-refractivity contribution is 7.99. The highest BCUT2D eigenvalue weighted by atomic mass is 32.2. The number of nitrogens with zero attached hydrogens (tertiary/aromatic N) is 3. The quantitative estimate of drug-likeness (QED) is 0.477. The van der Waals surface area contributed by atoms with Crippen molar-refractivity contribution in [1.29, 1.82) is 0 Å². The molecule has 4 rings (SSSR count). The molecule has 2 aromatic carbocycles. The molecule has 1 aromatic heterocycles. The van der Waals surface area contributed by atoms with Crippen LogP contribution < -0.4 is 5.32 Å². The van der Waals surface area contributed by atoms with E-state index in [0.717, 1.165) is 41.7 Å². The van der Waals surface area contributed by atoms with Crippen LogP contribution >= 0.6 is 11.8 Å². The van der Waals surface area contributed by atoms with Crippen molar-refractivity contribution in [3.8, 4) is 11.4 Å². The highest BCUT2D eigenvalue weighted by Gasteiger charge is 2.18. The fourth-order valence-electron chi connectivity index (χ4n) is 3.88. The average molecular weight is 393 g/mol. The minimum Gasteiger partial charge on any atom is -0.314 e. The van der Waals surface area contributed by atoms with Crippen LogP contribution in [0.4, 0.5) is 0 Å². The molecule has 28 heavy (non-hydrogen) atoms. The molecule has 0 spiro atoms. The number of hydrogen-bond acceptors (Lipinski definition) is 4. The van der Waals surface area contributed by atoms with E-state index in [4.69, 9.17) is 0 Å². The molecule has 0 saturated carbocycles. The van der Waals surface area contributed by atoms with Gasteiger partial charge in [-0.3, -0.25) is 0 Å². The second-order valence-corrected chi connectivity index (χ2v) is 8.66. The third kappa shape index (κ3) is 4.47. The summed E-state index contributed by atoms with van der Waals surface area (Å²) in [7, 11) is 2.05. The highest BCUT2D eigenvalue weighted by Crippen LogP contribution is 2.24.